The molecule has 0 aromatic heterocycles. The molecule has 0 saturated carbocycles. The first kappa shape index (κ1) is 11.5. The van der Waals surface area contributed by atoms with Gasteiger partial charge in [0.15, 0.2) is 0 Å². The van der Waals surface area contributed by atoms with Gasteiger partial charge in [0.1, 0.15) is 0 Å². The van der Waals surface area contributed by atoms with Crippen molar-refractivity contribution in [2.75, 3.05) is 19.8 Å². The van der Waals surface area contributed by atoms with E-state index in [2.05, 4.69) is 13.8 Å². The van der Waals surface area contributed by atoms with E-state index < -0.39 is 0 Å². The largest absolute Gasteiger partial charge is 0.466 e. The van der Waals surface area contributed by atoms with E-state index in [4.69, 9.17) is 9.47 Å². The molecule has 1 aliphatic heterocycles. The second-order valence-electron chi connectivity index (χ2n) is 4.39. The highest BCUT2D eigenvalue weighted by Gasteiger charge is 2.38. The number of hydrogen-bond acceptors (Lipinski definition) is 3. The van der Waals surface area contributed by atoms with E-state index in [1.54, 1.807) is 0 Å². The lowest BCUT2D eigenvalue weighted by Gasteiger charge is -2.43. The van der Waals surface area contributed by atoms with Gasteiger partial charge in [-0.1, -0.05) is 13.8 Å². The zero-order chi connectivity index (χ0) is 10.6. The molecule has 0 aromatic carbocycles. The third-order valence-electron chi connectivity index (χ3n) is 3.14. The molecule has 14 heavy (non-hydrogen) atoms. The van der Waals surface area contributed by atoms with Crippen LogP contribution >= 0.6 is 0 Å². The minimum Gasteiger partial charge on any atom is -0.466 e. The van der Waals surface area contributed by atoms with Gasteiger partial charge in [-0.05, 0) is 19.3 Å². The average molecular weight is 200 g/mol. The molecule has 0 aliphatic carbocycles. The summed E-state index contributed by atoms with van der Waals surface area (Å²) in [5.41, 5.74) is 0.284. The Kier molecular flexibility index (Phi) is 3.93. The van der Waals surface area contributed by atoms with E-state index in [1.807, 2.05) is 6.92 Å². The zero-order valence-electron chi connectivity index (χ0n) is 9.34. The summed E-state index contributed by atoms with van der Waals surface area (Å²) in [6.07, 6.45) is 1.43. The summed E-state index contributed by atoms with van der Waals surface area (Å²) in [4.78, 5) is 11.1. The van der Waals surface area contributed by atoms with E-state index in [1.165, 1.54) is 0 Å². The van der Waals surface area contributed by atoms with Crippen molar-refractivity contribution < 1.29 is 14.3 Å². The fraction of sp³-hybridized carbons (Fsp3) is 0.909. The number of ether oxygens (including phenoxy) is 2. The van der Waals surface area contributed by atoms with Gasteiger partial charge in [0.05, 0.1) is 19.8 Å². The summed E-state index contributed by atoms with van der Waals surface area (Å²) in [5, 5.41) is 0. The Hall–Kier alpha value is -0.570. The molecule has 0 aromatic rings. The molecule has 1 rings (SSSR count). The summed E-state index contributed by atoms with van der Waals surface area (Å²) in [7, 11) is 0. The highest BCUT2D eigenvalue weighted by Crippen LogP contribution is 2.37. The molecule has 0 bridgehead atoms. The maximum atomic E-state index is 11.1. The highest BCUT2D eigenvalue weighted by molar-refractivity contribution is 5.69. The lowest BCUT2D eigenvalue weighted by molar-refractivity contribution is -0.147. The van der Waals surface area contributed by atoms with Crippen molar-refractivity contribution >= 4 is 5.97 Å². The van der Waals surface area contributed by atoms with Gasteiger partial charge >= 0.3 is 5.97 Å². The molecule has 0 spiro atoms. The third kappa shape index (κ3) is 2.71. The quantitative estimate of drug-likeness (QED) is 0.637. The van der Waals surface area contributed by atoms with Gasteiger partial charge in [-0.2, -0.15) is 0 Å². The van der Waals surface area contributed by atoms with Crippen molar-refractivity contribution in [2.24, 2.45) is 11.3 Å². The van der Waals surface area contributed by atoms with Crippen LogP contribution in [0.25, 0.3) is 0 Å². The summed E-state index contributed by atoms with van der Waals surface area (Å²) < 4.78 is 10.1. The maximum Gasteiger partial charge on any atom is 0.305 e. The predicted molar refractivity (Wildman–Crippen MR) is 54.0 cm³/mol. The van der Waals surface area contributed by atoms with E-state index in [-0.39, 0.29) is 11.4 Å². The van der Waals surface area contributed by atoms with Crippen LogP contribution in [0.2, 0.25) is 0 Å². The number of rotatable bonds is 5. The maximum absolute atomic E-state index is 11.1. The molecular formula is C11H20O3. The number of carbonyl (C=O) groups is 1. The molecule has 1 unspecified atom stereocenters. The first-order valence-corrected chi connectivity index (χ1v) is 5.32. The van der Waals surface area contributed by atoms with Crippen LogP contribution in [0, 0.1) is 11.3 Å². The smallest absolute Gasteiger partial charge is 0.305 e. The standard InChI is InChI=1S/C11H20O3/c1-4-14-10(12)6-5-9(2)11(3)7-13-8-11/h9H,4-8H2,1-3H3. The fourth-order valence-electron chi connectivity index (χ4n) is 1.62. The molecule has 1 heterocycles. The molecule has 1 aliphatic rings. The Morgan fingerprint density at radius 2 is 2.21 bits per heavy atom. The lowest BCUT2D eigenvalue weighted by Crippen LogP contribution is -2.45. The second kappa shape index (κ2) is 4.78. The highest BCUT2D eigenvalue weighted by atomic mass is 16.5. The fourth-order valence-corrected chi connectivity index (χ4v) is 1.62. The number of esters is 1. The Labute approximate surface area is 85.8 Å². The van der Waals surface area contributed by atoms with Gasteiger partial charge in [-0.15, -0.1) is 0 Å². The van der Waals surface area contributed by atoms with Crippen molar-refractivity contribution in [3.8, 4) is 0 Å². The van der Waals surface area contributed by atoms with Crippen LogP contribution in [-0.4, -0.2) is 25.8 Å². The zero-order valence-corrected chi connectivity index (χ0v) is 9.34. The van der Waals surface area contributed by atoms with Crippen LogP contribution in [-0.2, 0) is 14.3 Å². The van der Waals surface area contributed by atoms with E-state index in [9.17, 15) is 4.79 Å². The molecule has 1 atom stereocenters. The van der Waals surface area contributed by atoms with Crippen molar-refractivity contribution in [3.05, 3.63) is 0 Å². The van der Waals surface area contributed by atoms with Gasteiger partial charge in [-0.25, -0.2) is 0 Å². The Bertz CT molecular complexity index is 197. The van der Waals surface area contributed by atoms with Crippen molar-refractivity contribution in [3.63, 3.8) is 0 Å². The summed E-state index contributed by atoms with van der Waals surface area (Å²) in [6, 6.07) is 0. The van der Waals surface area contributed by atoms with Crippen molar-refractivity contribution in [1.29, 1.82) is 0 Å². The van der Waals surface area contributed by atoms with Crippen LogP contribution < -0.4 is 0 Å². The SMILES string of the molecule is CCOC(=O)CCC(C)C1(C)COC1. The third-order valence-corrected chi connectivity index (χ3v) is 3.14. The Balaban J connectivity index is 2.20. The van der Waals surface area contributed by atoms with Gasteiger partial charge in [0, 0.05) is 11.8 Å². The molecule has 1 saturated heterocycles. The molecule has 0 radical (unpaired) electrons. The van der Waals surface area contributed by atoms with E-state index in [0.29, 0.717) is 18.9 Å². The predicted octanol–water partition coefficient (Wildman–Crippen LogP) is 2.00. The van der Waals surface area contributed by atoms with Crippen molar-refractivity contribution in [2.45, 2.75) is 33.6 Å². The topological polar surface area (TPSA) is 35.5 Å². The minimum absolute atomic E-state index is 0.0804. The monoisotopic (exact) mass is 200 g/mol. The molecule has 3 heteroatoms. The Morgan fingerprint density at radius 1 is 1.57 bits per heavy atom. The Morgan fingerprint density at radius 3 is 2.64 bits per heavy atom. The molecule has 3 nitrogen and oxygen atoms in total. The molecule has 0 amide bonds. The van der Waals surface area contributed by atoms with E-state index >= 15 is 0 Å². The lowest BCUT2D eigenvalue weighted by atomic mass is 9.74. The van der Waals surface area contributed by atoms with Gasteiger partial charge < -0.3 is 9.47 Å². The van der Waals surface area contributed by atoms with Gasteiger partial charge in [0.2, 0.25) is 0 Å². The molecule has 82 valence electrons. The second-order valence-corrected chi connectivity index (χ2v) is 4.39. The summed E-state index contributed by atoms with van der Waals surface area (Å²) >= 11 is 0. The minimum atomic E-state index is -0.0804. The van der Waals surface area contributed by atoms with Crippen LogP contribution in [0.5, 0.6) is 0 Å². The summed E-state index contributed by atoms with van der Waals surface area (Å²) in [6.45, 7) is 8.37. The number of hydrogen-bond donors (Lipinski definition) is 0. The molecule has 1 fully saturated rings. The normalized spacial score (nSPS) is 21.1. The van der Waals surface area contributed by atoms with Crippen molar-refractivity contribution in [1.82, 2.24) is 0 Å². The first-order chi connectivity index (χ1) is 6.58. The van der Waals surface area contributed by atoms with Crippen LogP contribution in [0.3, 0.4) is 0 Å². The van der Waals surface area contributed by atoms with Crippen LogP contribution in [0.15, 0.2) is 0 Å². The van der Waals surface area contributed by atoms with Crippen LogP contribution in [0.4, 0.5) is 0 Å². The molecular weight excluding hydrogens is 180 g/mol. The van der Waals surface area contributed by atoms with Gasteiger partial charge in [-0.3, -0.25) is 4.79 Å². The van der Waals surface area contributed by atoms with Crippen LogP contribution in [0.1, 0.15) is 33.6 Å². The van der Waals surface area contributed by atoms with Gasteiger partial charge in [0.25, 0.3) is 0 Å². The number of carbonyl (C=O) groups excluding carboxylic acids is 1. The van der Waals surface area contributed by atoms with E-state index in [0.717, 1.165) is 19.6 Å². The first-order valence-electron chi connectivity index (χ1n) is 5.32. The summed E-state index contributed by atoms with van der Waals surface area (Å²) in [5.74, 6) is 0.448. The average Bonchev–Trinajstić information content (AvgIpc) is 2.11. The molecule has 0 N–H and O–H groups in total.